The summed E-state index contributed by atoms with van der Waals surface area (Å²) in [6.45, 7) is 5.58. The third kappa shape index (κ3) is 2.70. The number of nitriles is 1. The van der Waals surface area contributed by atoms with Gasteiger partial charge in [-0.2, -0.15) is 5.26 Å². The lowest BCUT2D eigenvalue weighted by Crippen LogP contribution is -2.44. The zero-order chi connectivity index (χ0) is 9.68. The maximum Gasteiger partial charge on any atom is 0.0980 e. The molecule has 1 aliphatic heterocycles. The summed E-state index contributed by atoms with van der Waals surface area (Å²) in [6, 6.07) is 3.20. The molecular weight excluding hydrogens is 160 g/mol. The summed E-state index contributed by atoms with van der Waals surface area (Å²) in [5.74, 6) is 0. The van der Waals surface area contributed by atoms with Crippen molar-refractivity contribution in [2.45, 2.75) is 58.0 Å². The van der Waals surface area contributed by atoms with Gasteiger partial charge in [-0.3, -0.25) is 4.90 Å². The van der Waals surface area contributed by atoms with E-state index in [1.807, 2.05) is 0 Å². The van der Waals surface area contributed by atoms with Crippen LogP contribution in [0.1, 0.15) is 46.0 Å². The van der Waals surface area contributed by atoms with Gasteiger partial charge >= 0.3 is 0 Å². The second-order valence-corrected chi connectivity index (χ2v) is 4.02. The lowest BCUT2D eigenvalue weighted by molar-refractivity contribution is 0.128. The Morgan fingerprint density at radius 2 is 2.31 bits per heavy atom. The quantitative estimate of drug-likeness (QED) is 0.667. The van der Waals surface area contributed by atoms with Crippen LogP contribution < -0.4 is 0 Å². The van der Waals surface area contributed by atoms with Crippen LogP contribution in [0.4, 0.5) is 0 Å². The topological polar surface area (TPSA) is 27.0 Å². The molecule has 0 saturated carbocycles. The second kappa shape index (κ2) is 5.24. The van der Waals surface area contributed by atoms with Crippen LogP contribution >= 0.6 is 0 Å². The Bertz CT molecular complexity index is 183. The summed E-state index contributed by atoms with van der Waals surface area (Å²) < 4.78 is 0. The molecule has 2 atom stereocenters. The standard InChI is InChI=1S/C11H20N2/c1-3-6-10(2)13-8-5-4-7-11(13)9-12/h10-11H,3-8H2,1-2H3. The number of likely N-dealkylation sites (tertiary alicyclic amines) is 1. The van der Waals surface area contributed by atoms with Crippen LogP contribution in [0.15, 0.2) is 0 Å². The Kier molecular flexibility index (Phi) is 4.24. The molecule has 0 radical (unpaired) electrons. The maximum atomic E-state index is 8.99. The summed E-state index contributed by atoms with van der Waals surface area (Å²) in [4.78, 5) is 2.38. The highest BCUT2D eigenvalue weighted by Crippen LogP contribution is 2.20. The van der Waals surface area contributed by atoms with E-state index >= 15 is 0 Å². The van der Waals surface area contributed by atoms with Crippen molar-refractivity contribution in [2.24, 2.45) is 0 Å². The number of hydrogen-bond acceptors (Lipinski definition) is 2. The highest BCUT2D eigenvalue weighted by molar-refractivity contribution is 4.95. The number of rotatable bonds is 3. The molecule has 1 fully saturated rings. The summed E-state index contributed by atoms with van der Waals surface area (Å²) in [5.41, 5.74) is 0. The van der Waals surface area contributed by atoms with Gasteiger partial charge in [-0.15, -0.1) is 0 Å². The lowest BCUT2D eigenvalue weighted by atomic mass is 10.00. The Morgan fingerprint density at radius 1 is 1.54 bits per heavy atom. The molecule has 0 aromatic rings. The predicted octanol–water partition coefficient (Wildman–Crippen LogP) is 2.55. The van der Waals surface area contributed by atoms with Crippen molar-refractivity contribution >= 4 is 0 Å². The molecule has 13 heavy (non-hydrogen) atoms. The van der Waals surface area contributed by atoms with Gasteiger partial charge in [0.05, 0.1) is 12.1 Å². The van der Waals surface area contributed by atoms with Crippen LogP contribution in [0.3, 0.4) is 0 Å². The molecule has 0 aromatic heterocycles. The van der Waals surface area contributed by atoms with E-state index in [-0.39, 0.29) is 6.04 Å². The summed E-state index contributed by atoms with van der Waals surface area (Å²) in [6.07, 6.45) is 6.01. The Hall–Kier alpha value is -0.550. The minimum atomic E-state index is 0.190. The first-order valence-electron chi connectivity index (χ1n) is 5.45. The minimum Gasteiger partial charge on any atom is -0.285 e. The third-order valence-corrected chi connectivity index (χ3v) is 2.97. The molecule has 0 N–H and O–H groups in total. The highest BCUT2D eigenvalue weighted by atomic mass is 15.2. The molecule has 2 heteroatoms. The average Bonchev–Trinajstić information content (AvgIpc) is 2.18. The Balaban J connectivity index is 2.49. The van der Waals surface area contributed by atoms with E-state index < -0.39 is 0 Å². The highest BCUT2D eigenvalue weighted by Gasteiger charge is 2.25. The molecule has 0 amide bonds. The fourth-order valence-corrected chi connectivity index (χ4v) is 2.20. The summed E-state index contributed by atoms with van der Waals surface area (Å²) in [5, 5.41) is 8.99. The number of hydrogen-bond donors (Lipinski definition) is 0. The van der Waals surface area contributed by atoms with Crippen LogP contribution in [0, 0.1) is 11.3 Å². The van der Waals surface area contributed by atoms with Crippen molar-refractivity contribution in [2.75, 3.05) is 6.54 Å². The van der Waals surface area contributed by atoms with Gasteiger partial charge < -0.3 is 0 Å². The molecular formula is C11H20N2. The first kappa shape index (κ1) is 10.5. The molecule has 1 rings (SSSR count). The molecule has 2 nitrogen and oxygen atoms in total. The van der Waals surface area contributed by atoms with Crippen molar-refractivity contribution in [1.29, 1.82) is 5.26 Å². The van der Waals surface area contributed by atoms with Crippen LogP contribution in [0.5, 0.6) is 0 Å². The van der Waals surface area contributed by atoms with E-state index in [1.54, 1.807) is 0 Å². The van der Waals surface area contributed by atoms with Gasteiger partial charge in [0.2, 0.25) is 0 Å². The molecule has 1 heterocycles. The predicted molar refractivity (Wildman–Crippen MR) is 54.3 cm³/mol. The third-order valence-electron chi connectivity index (χ3n) is 2.97. The van der Waals surface area contributed by atoms with E-state index in [4.69, 9.17) is 5.26 Å². The Labute approximate surface area is 81.5 Å². The van der Waals surface area contributed by atoms with Crippen LogP contribution in [0.2, 0.25) is 0 Å². The Morgan fingerprint density at radius 3 is 2.92 bits per heavy atom. The van der Waals surface area contributed by atoms with Crippen molar-refractivity contribution in [3.63, 3.8) is 0 Å². The van der Waals surface area contributed by atoms with Crippen molar-refractivity contribution < 1.29 is 0 Å². The average molecular weight is 180 g/mol. The molecule has 0 aliphatic carbocycles. The smallest absolute Gasteiger partial charge is 0.0980 e. The fraction of sp³-hybridized carbons (Fsp3) is 0.909. The molecule has 2 unspecified atom stereocenters. The molecule has 0 spiro atoms. The molecule has 1 aliphatic rings. The monoisotopic (exact) mass is 180 g/mol. The number of nitrogens with zero attached hydrogens (tertiary/aromatic N) is 2. The SMILES string of the molecule is CCCC(C)N1CCCCC1C#N. The summed E-state index contributed by atoms with van der Waals surface area (Å²) >= 11 is 0. The molecule has 0 aromatic carbocycles. The van der Waals surface area contributed by atoms with Gasteiger partial charge in [0.25, 0.3) is 0 Å². The van der Waals surface area contributed by atoms with Gasteiger partial charge in [-0.25, -0.2) is 0 Å². The maximum absolute atomic E-state index is 8.99. The zero-order valence-corrected chi connectivity index (χ0v) is 8.79. The van der Waals surface area contributed by atoms with Crippen molar-refractivity contribution in [1.82, 2.24) is 4.90 Å². The van der Waals surface area contributed by atoms with Gasteiger partial charge in [-0.1, -0.05) is 13.3 Å². The van der Waals surface area contributed by atoms with E-state index in [0.717, 1.165) is 13.0 Å². The van der Waals surface area contributed by atoms with Gasteiger partial charge in [0, 0.05) is 6.04 Å². The normalized spacial score (nSPS) is 26.7. The van der Waals surface area contributed by atoms with E-state index in [2.05, 4.69) is 24.8 Å². The van der Waals surface area contributed by atoms with E-state index in [0.29, 0.717) is 6.04 Å². The summed E-state index contributed by atoms with van der Waals surface area (Å²) in [7, 11) is 0. The van der Waals surface area contributed by atoms with Gasteiger partial charge in [0.15, 0.2) is 0 Å². The number of piperidine rings is 1. The van der Waals surface area contributed by atoms with Crippen molar-refractivity contribution in [3.05, 3.63) is 0 Å². The van der Waals surface area contributed by atoms with Crippen molar-refractivity contribution in [3.8, 4) is 6.07 Å². The van der Waals surface area contributed by atoms with Crippen LogP contribution in [-0.2, 0) is 0 Å². The second-order valence-electron chi connectivity index (χ2n) is 4.02. The van der Waals surface area contributed by atoms with Gasteiger partial charge in [-0.05, 0) is 39.2 Å². The fourth-order valence-electron chi connectivity index (χ4n) is 2.20. The van der Waals surface area contributed by atoms with E-state index in [9.17, 15) is 0 Å². The zero-order valence-electron chi connectivity index (χ0n) is 8.79. The minimum absolute atomic E-state index is 0.190. The first-order valence-corrected chi connectivity index (χ1v) is 5.45. The van der Waals surface area contributed by atoms with Gasteiger partial charge in [0.1, 0.15) is 0 Å². The molecule has 1 saturated heterocycles. The first-order chi connectivity index (χ1) is 6.29. The van der Waals surface area contributed by atoms with Crippen LogP contribution in [-0.4, -0.2) is 23.5 Å². The molecule has 74 valence electrons. The lowest BCUT2D eigenvalue weighted by Gasteiger charge is -2.36. The largest absolute Gasteiger partial charge is 0.285 e. The molecule has 0 bridgehead atoms. The van der Waals surface area contributed by atoms with Crippen LogP contribution in [0.25, 0.3) is 0 Å². The van der Waals surface area contributed by atoms with E-state index in [1.165, 1.54) is 25.7 Å².